The SMILES string of the molecule is O=S([O-])C1O[C@@H]2COC(c3ccccc3)O[C@H]2[C@H](O)[C@H]1O. The largest absolute Gasteiger partial charge is 0.770 e. The Labute approximate surface area is 123 Å². The highest BCUT2D eigenvalue weighted by Gasteiger charge is 2.49. The zero-order valence-electron chi connectivity index (χ0n) is 10.9. The lowest BCUT2D eigenvalue weighted by molar-refractivity contribution is -0.319. The van der Waals surface area contributed by atoms with Gasteiger partial charge in [0.05, 0.1) is 6.61 Å². The van der Waals surface area contributed by atoms with E-state index in [1.54, 1.807) is 0 Å². The minimum Gasteiger partial charge on any atom is -0.770 e. The Morgan fingerprint density at radius 3 is 2.52 bits per heavy atom. The minimum atomic E-state index is -2.66. The molecule has 2 heterocycles. The van der Waals surface area contributed by atoms with E-state index in [0.717, 1.165) is 5.56 Å². The zero-order valence-corrected chi connectivity index (χ0v) is 11.7. The van der Waals surface area contributed by atoms with Gasteiger partial charge in [0.2, 0.25) is 0 Å². The average molecular weight is 315 g/mol. The molecule has 7 atom stereocenters. The summed E-state index contributed by atoms with van der Waals surface area (Å²) in [4.78, 5) is 0. The van der Waals surface area contributed by atoms with Gasteiger partial charge in [-0.2, -0.15) is 0 Å². The lowest BCUT2D eigenvalue weighted by Gasteiger charge is -2.46. The van der Waals surface area contributed by atoms with Crippen LogP contribution in [0.15, 0.2) is 30.3 Å². The molecule has 21 heavy (non-hydrogen) atoms. The van der Waals surface area contributed by atoms with Crippen LogP contribution in [0.1, 0.15) is 11.9 Å². The van der Waals surface area contributed by atoms with Crippen LogP contribution in [0.4, 0.5) is 0 Å². The first-order valence-corrected chi connectivity index (χ1v) is 7.63. The standard InChI is InChI=1S/C13H16O7S/c14-9-10(15)13(21(16)17)19-8-6-18-12(20-11(8)9)7-4-2-1-3-5-7/h1-5,8-15H,6H2,(H,16,17)/p-1/t8-,9-,10-,11-,12?,13?/m1/s1. The number of benzene rings is 1. The summed E-state index contributed by atoms with van der Waals surface area (Å²) in [5.41, 5.74) is -0.714. The minimum absolute atomic E-state index is 0.0711. The smallest absolute Gasteiger partial charge is 0.184 e. The molecule has 116 valence electrons. The molecule has 0 aromatic heterocycles. The highest BCUT2D eigenvalue weighted by atomic mass is 32.2. The van der Waals surface area contributed by atoms with Crippen LogP contribution in [0.25, 0.3) is 0 Å². The Bertz CT molecular complexity index is 509. The van der Waals surface area contributed by atoms with Crippen LogP contribution in [-0.4, -0.2) is 55.4 Å². The molecule has 3 unspecified atom stereocenters. The first-order valence-electron chi connectivity index (χ1n) is 6.49. The van der Waals surface area contributed by atoms with Crippen molar-refractivity contribution >= 4 is 11.1 Å². The van der Waals surface area contributed by atoms with Crippen LogP contribution < -0.4 is 0 Å². The predicted octanol–water partition coefficient (Wildman–Crippen LogP) is -0.574. The van der Waals surface area contributed by atoms with Crippen molar-refractivity contribution in [1.82, 2.24) is 0 Å². The van der Waals surface area contributed by atoms with Gasteiger partial charge in [0.25, 0.3) is 0 Å². The lowest BCUT2D eigenvalue weighted by atomic mass is 9.99. The summed E-state index contributed by atoms with van der Waals surface area (Å²) in [6, 6.07) is 9.13. The highest BCUT2D eigenvalue weighted by Crippen LogP contribution is 2.34. The molecular weight excluding hydrogens is 300 g/mol. The van der Waals surface area contributed by atoms with E-state index in [1.807, 2.05) is 30.3 Å². The molecule has 0 amide bonds. The number of hydrogen-bond donors (Lipinski definition) is 2. The van der Waals surface area contributed by atoms with E-state index in [0.29, 0.717) is 0 Å². The second-order valence-electron chi connectivity index (χ2n) is 4.96. The van der Waals surface area contributed by atoms with Gasteiger partial charge in [-0.1, -0.05) is 30.3 Å². The van der Waals surface area contributed by atoms with E-state index >= 15 is 0 Å². The van der Waals surface area contributed by atoms with Gasteiger partial charge in [0.15, 0.2) is 6.29 Å². The van der Waals surface area contributed by atoms with Crippen molar-refractivity contribution < 1.29 is 33.2 Å². The van der Waals surface area contributed by atoms with Gasteiger partial charge in [-0.15, -0.1) is 0 Å². The van der Waals surface area contributed by atoms with E-state index in [1.165, 1.54) is 0 Å². The number of aliphatic hydroxyl groups is 2. The molecule has 0 bridgehead atoms. The maximum Gasteiger partial charge on any atom is 0.184 e. The number of rotatable bonds is 2. The molecule has 2 aliphatic rings. The molecule has 0 spiro atoms. The third-order valence-corrected chi connectivity index (χ3v) is 4.36. The first kappa shape index (κ1) is 15.0. The molecule has 2 N–H and O–H groups in total. The molecule has 2 saturated heterocycles. The van der Waals surface area contributed by atoms with E-state index in [9.17, 15) is 19.0 Å². The zero-order chi connectivity index (χ0) is 15.0. The average Bonchev–Trinajstić information content (AvgIpc) is 2.51. The predicted molar refractivity (Wildman–Crippen MR) is 69.6 cm³/mol. The van der Waals surface area contributed by atoms with Crippen molar-refractivity contribution in [2.75, 3.05) is 6.61 Å². The van der Waals surface area contributed by atoms with Crippen molar-refractivity contribution in [2.45, 2.75) is 36.1 Å². The third kappa shape index (κ3) is 2.88. The normalized spacial score (nSPS) is 41.3. The molecule has 7 nitrogen and oxygen atoms in total. The molecule has 2 fully saturated rings. The number of fused-ring (bicyclic) bond motifs is 1. The second-order valence-corrected chi connectivity index (χ2v) is 5.95. The maximum absolute atomic E-state index is 11.0. The summed E-state index contributed by atoms with van der Waals surface area (Å²) < 4.78 is 38.4. The Hall–Kier alpha value is -0.870. The van der Waals surface area contributed by atoms with Crippen molar-refractivity contribution in [3.63, 3.8) is 0 Å². The Morgan fingerprint density at radius 2 is 1.86 bits per heavy atom. The Kier molecular flexibility index (Phi) is 4.36. The lowest BCUT2D eigenvalue weighted by Crippen LogP contribution is -2.62. The van der Waals surface area contributed by atoms with Crippen LogP contribution in [0.3, 0.4) is 0 Å². The summed E-state index contributed by atoms with van der Waals surface area (Å²) in [6.07, 6.45) is -5.20. The Balaban J connectivity index is 1.76. The fourth-order valence-corrected chi connectivity index (χ4v) is 3.14. The van der Waals surface area contributed by atoms with Crippen LogP contribution in [0.5, 0.6) is 0 Å². The summed E-state index contributed by atoms with van der Waals surface area (Å²) in [6.45, 7) is 0.0711. The van der Waals surface area contributed by atoms with Crippen molar-refractivity contribution in [3.05, 3.63) is 35.9 Å². The topological polar surface area (TPSA) is 108 Å². The van der Waals surface area contributed by atoms with Gasteiger partial charge in [0, 0.05) is 5.56 Å². The molecule has 1 aromatic carbocycles. The number of ether oxygens (including phenoxy) is 3. The number of hydrogen-bond acceptors (Lipinski definition) is 7. The maximum atomic E-state index is 11.0. The molecule has 1 aromatic rings. The number of aliphatic hydroxyl groups excluding tert-OH is 2. The first-order chi connectivity index (χ1) is 10.1. The summed E-state index contributed by atoms with van der Waals surface area (Å²) in [5, 5.41) is 19.9. The summed E-state index contributed by atoms with van der Waals surface area (Å²) in [7, 11) is 0. The quantitative estimate of drug-likeness (QED) is 0.703. The second kappa shape index (κ2) is 6.09. The summed E-state index contributed by atoms with van der Waals surface area (Å²) >= 11 is -2.66. The molecule has 0 aliphatic carbocycles. The fraction of sp³-hybridized carbons (Fsp3) is 0.538. The van der Waals surface area contributed by atoms with Crippen LogP contribution in [0.2, 0.25) is 0 Å². The molecule has 3 rings (SSSR count). The monoisotopic (exact) mass is 315 g/mol. The summed E-state index contributed by atoms with van der Waals surface area (Å²) in [5.74, 6) is 0. The van der Waals surface area contributed by atoms with E-state index in [4.69, 9.17) is 14.2 Å². The van der Waals surface area contributed by atoms with Gasteiger partial charge in [-0.05, 0) is 11.1 Å². The van der Waals surface area contributed by atoms with Gasteiger partial charge in [0.1, 0.15) is 29.9 Å². The van der Waals surface area contributed by atoms with Gasteiger partial charge in [-0.3, -0.25) is 4.21 Å². The Morgan fingerprint density at radius 1 is 1.14 bits per heavy atom. The molecule has 0 saturated carbocycles. The molecule has 2 aliphatic heterocycles. The fourth-order valence-electron chi connectivity index (χ4n) is 2.52. The van der Waals surface area contributed by atoms with Crippen LogP contribution in [-0.2, 0) is 25.3 Å². The van der Waals surface area contributed by atoms with Crippen molar-refractivity contribution in [1.29, 1.82) is 0 Å². The van der Waals surface area contributed by atoms with Gasteiger partial charge < -0.3 is 29.0 Å². The van der Waals surface area contributed by atoms with E-state index < -0.39 is 47.2 Å². The van der Waals surface area contributed by atoms with E-state index in [2.05, 4.69) is 0 Å². The van der Waals surface area contributed by atoms with Crippen molar-refractivity contribution in [3.8, 4) is 0 Å². The molecule has 0 radical (unpaired) electrons. The molecule has 8 heteroatoms. The van der Waals surface area contributed by atoms with Gasteiger partial charge in [-0.25, -0.2) is 0 Å². The van der Waals surface area contributed by atoms with E-state index in [-0.39, 0.29) is 6.61 Å². The van der Waals surface area contributed by atoms with Gasteiger partial charge >= 0.3 is 0 Å². The molecular formula is C13H15O7S-. The van der Waals surface area contributed by atoms with Crippen molar-refractivity contribution in [2.24, 2.45) is 0 Å². The van der Waals surface area contributed by atoms with Crippen LogP contribution >= 0.6 is 0 Å². The third-order valence-electron chi connectivity index (χ3n) is 3.59. The highest BCUT2D eigenvalue weighted by molar-refractivity contribution is 7.79. The van der Waals surface area contributed by atoms with Crippen LogP contribution in [0, 0.1) is 0 Å².